The first-order valence-corrected chi connectivity index (χ1v) is 10.4. The highest BCUT2D eigenvalue weighted by Crippen LogP contribution is 2.20. The number of nitrogens with zero attached hydrogens (tertiary/aromatic N) is 4. The Morgan fingerprint density at radius 3 is 2.41 bits per heavy atom. The van der Waals surface area contributed by atoms with E-state index < -0.39 is 23.2 Å². The molecule has 3 aromatic rings. The van der Waals surface area contributed by atoms with Crippen LogP contribution in [0.15, 0.2) is 59.7 Å². The summed E-state index contributed by atoms with van der Waals surface area (Å²) in [6, 6.07) is 11.3. The fourth-order valence-corrected chi connectivity index (χ4v) is 3.66. The molecule has 2 heterocycles. The van der Waals surface area contributed by atoms with Crippen LogP contribution in [0.2, 0.25) is 0 Å². The first kappa shape index (κ1) is 21.9. The Kier molecular flexibility index (Phi) is 6.75. The molecule has 168 valence electrons. The van der Waals surface area contributed by atoms with E-state index in [-0.39, 0.29) is 18.7 Å². The van der Waals surface area contributed by atoms with Crippen LogP contribution in [0, 0.1) is 17.5 Å². The van der Waals surface area contributed by atoms with Gasteiger partial charge < -0.3 is 14.2 Å². The molecule has 0 N–H and O–H groups in total. The van der Waals surface area contributed by atoms with Crippen LogP contribution in [0.1, 0.15) is 5.56 Å². The number of ether oxygens (including phenoxy) is 1. The molecule has 0 radical (unpaired) electrons. The van der Waals surface area contributed by atoms with Crippen molar-refractivity contribution in [3.63, 3.8) is 0 Å². The molecule has 0 spiro atoms. The lowest BCUT2D eigenvalue weighted by Crippen LogP contribution is -2.48. The molecule has 1 saturated heterocycles. The number of piperazine rings is 1. The monoisotopic (exact) mass is 444 g/mol. The predicted molar refractivity (Wildman–Crippen MR) is 114 cm³/mol. The normalized spacial score (nSPS) is 14.5. The fraction of sp³-hybridized carbons (Fsp3) is 0.304. The Bertz CT molecular complexity index is 1120. The van der Waals surface area contributed by atoms with E-state index in [0.29, 0.717) is 31.0 Å². The van der Waals surface area contributed by atoms with Crippen LogP contribution in [-0.4, -0.2) is 47.2 Å². The lowest BCUT2D eigenvalue weighted by Gasteiger charge is -2.35. The summed E-state index contributed by atoms with van der Waals surface area (Å²) in [6.07, 6.45) is 3.05. The molecule has 6 nitrogen and oxygen atoms in total. The summed E-state index contributed by atoms with van der Waals surface area (Å²) in [5, 5.41) is 0. The molecular formula is C23H23F3N4O2. The number of rotatable bonds is 7. The Hall–Kier alpha value is -3.33. The Labute approximate surface area is 183 Å². The smallest absolute Gasteiger partial charge is 0.293 e. The van der Waals surface area contributed by atoms with Gasteiger partial charge >= 0.3 is 0 Å². The number of hydrogen-bond donors (Lipinski definition) is 0. The van der Waals surface area contributed by atoms with Gasteiger partial charge in [0.1, 0.15) is 6.61 Å². The number of halogens is 3. The van der Waals surface area contributed by atoms with Crippen molar-refractivity contribution in [2.45, 2.75) is 13.1 Å². The van der Waals surface area contributed by atoms with Crippen LogP contribution < -0.4 is 15.2 Å². The van der Waals surface area contributed by atoms with E-state index in [2.05, 4.69) is 22.0 Å². The standard InChI is InChI=1S/C23H23F3N4O2/c24-18-14-20(26)21(15-19(18)25)32-13-12-30-7-6-27-22(23(30)31)29-10-8-28(9-11-29)16-17-4-2-1-3-5-17/h1-7,14-15H,8-13,16H2. The molecule has 0 unspecified atom stereocenters. The van der Waals surface area contributed by atoms with Crippen LogP contribution in [0.4, 0.5) is 19.0 Å². The van der Waals surface area contributed by atoms with Crippen LogP contribution in [-0.2, 0) is 13.1 Å². The van der Waals surface area contributed by atoms with Gasteiger partial charge in [-0.2, -0.15) is 0 Å². The zero-order valence-corrected chi connectivity index (χ0v) is 17.4. The Morgan fingerprint density at radius 1 is 0.938 bits per heavy atom. The van der Waals surface area contributed by atoms with Gasteiger partial charge in [-0.1, -0.05) is 30.3 Å². The largest absolute Gasteiger partial charge is 0.489 e. The maximum absolute atomic E-state index is 13.7. The molecule has 0 bridgehead atoms. The predicted octanol–water partition coefficient (Wildman–Crippen LogP) is 3.06. The third-order valence-electron chi connectivity index (χ3n) is 5.38. The van der Waals surface area contributed by atoms with Crippen LogP contribution >= 0.6 is 0 Å². The minimum absolute atomic E-state index is 0.0871. The van der Waals surface area contributed by atoms with Crippen molar-refractivity contribution in [1.29, 1.82) is 0 Å². The maximum Gasteiger partial charge on any atom is 0.293 e. The van der Waals surface area contributed by atoms with E-state index >= 15 is 0 Å². The number of hydrogen-bond acceptors (Lipinski definition) is 5. The highest BCUT2D eigenvalue weighted by atomic mass is 19.2. The Balaban J connectivity index is 1.35. The van der Waals surface area contributed by atoms with Crippen LogP contribution in [0.3, 0.4) is 0 Å². The highest BCUT2D eigenvalue weighted by Gasteiger charge is 2.21. The van der Waals surface area contributed by atoms with Crippen LogP contribution in [0.5, 0.6) is 5.75 Å². The fourth-order valence-electron chi connectivity index (χ4n) is 3.66. The zero-order valence-electron chi connectivity index (χ0n) is 17.4. The van der Waals surface area contributed by atoms with Crippen molar-refractivity contribution in [1.82, 2.24) is 14.5 Å². The average molecular weight is 444 g/mol. The summed E-state index contributed by atoms with van der Waals surface area (Å²) in [6.45, 7) is 3.86. The van der Waals surface area contributed by atoms with Crippen molar-refractivity contribution in [2.75, 3.05) is 37.7 Å². The lowest BCUT2D eigenvalue weighted by molar-refractivity contribution is 0.248. The van der Waals surface area contributed by atoms with Crippen molar-refractivity contribution in [3.8, 4) is 5.75 Å². The van der Waals surface area contributed by atoms with Gasteiger partial charge in [0, 0.05) is 57.3 Å². The second-order valence-corrected chi connectivity index (χ2v) is 7.54. The molecule has 0 atom stereocenters. The van der Waals surface area contributed by atoms with Crippen molar-refractivity contribution in [3.05, 3.63) is 88.2 Å². The first-order valence-electron chi connectivity index (χ1n) is 10.4. The van der Waals surface area contributed by atoms with Gasteiger partial charge in [0.2, 0.25) is 0 Å². The Morgan fingerprint density at radius 2 is 1.66 bits per heavy atom. The van der Waals surface area contributed by atoms with Gasteiger partial charge in [-0.05, 0) is 5.56 Å². The maximum atomic E-state index is 13.7. The average Bonchev–Trinajstić information content (AvgIpc) is 2.80. The molecule has 9 heteroatoms. The van der Waals surface area contributed by atoms with E-state index in [1.54, 1.807) is 0 Å². The molecular weight excluding hydrogens is 421 g/mol. The van der Waals surface area contributed by atoms with E-state index in [1.807, 2.05) is 23.1 Å². The number of aromatic nitrogens is 2. The SMILES string of the molecule is O=c1c(N2CCN(Cc3ccccc3)CC2)nccn1CCOc1cc(F)c(F)cc1F. The van der Waals surface area contributed by atoms with Crippen molar-refractivity contribution >= 4 is 5.82 Å². The quantitative estimate of drug-likeness (QED) is 0.525. The van der Waals surface area contributed by atoms with E-state index in [1.165, 1.54) is 22.5 Å². The molecule has 0 aliphatic carbocycles. The van der Waals surface area contributed by atoms with Gasteiger partial charge in [0.25, 0.3) is 5.56 Å². The number of anilines is 1. The van der Waals surface area contributed by atoms with Gasteiger partial charge in [-0.3, -0.25) is 9.69 Å². The molecule has 1 aliphatic rings. The van der Waals surface area contributed by atoms with E-state index in [4.69, 9.17) is 4.74 Å². The number of benzene rings is 2. The third kappa shape index (κ3) is 5.11. The highest BCUT2D eigenvalue weighted by molar-refractivity contribution is 5.36. The van der Waals surface area contributed by atoms with Crippen molar-refractivity contribution in [2.24, 2.45) is 0 Å². The topological polar surface area (TPSA) is 50.6 Å². The van der Waals surface area contributed by atoms with E-state index in [9.17, 15) is 18.0 Å². The molecule has 0 saturated carbocycles. The molecule has 1 aliphatic heterocycles. The summed E-state index contributed by atoms with van der Waals surface area (Å²) in [5.74, 6) is -3.53. The molecule has 1 aromatic heterocycles. The van der Waals surface area contributed by atoms with Crippen LogP contribution in [0.25, 0.3) is 0 Å². The first-order chi connectivity index (χ1) is 15.5. The molecule has 2 aromatic carbocycles. The summed E-state index contributed by atoms with van der Waals surface area (Å²) >= 11 is 0. The zero-order chi connectivity index (χ0) is 22.5. The van der Waals surface area contributed by atoms with E-state index in [0.717, 1.165) is 19.6 Å². The molecule has 0 amide bonds. The minimum Gasteiger partial charge on any atom is -0.489 e. The second kappa shape index (κ2) is 9.86. The summed E-state index contributed by atoms with van der Waals surface area (Å²) in [5.41, 5.74) is 0.969. The van der Waals surface area contributed by atoms with Gasteiger partial charge in [0.05, 0.1) is 6.54 Å². The summed E-state index contributed by atoms with van der Waals surface area (Å²) in [7, 11) is 0. The summed E-state index contributed by atoms with van der Waals surface area (Å²) in [4.78, 5) is 21.4. The lowest BCUT2D eigenvalue weighted by atomic mass is 10.2. The minimum atomic E-state index is -1.28. The molecule has 32 heavy (non-hydrogen) atoms. The van der Waals surface area contributed by atoms with Gasteiger partial charge in [-0.15, -0.1) is 0 Å². The second-order valence-electron chi connectivity index (χ2n) is 7.54. The van der Waals surface area contributed by atoms with Gasteiger partial charge in [0.15, 0.2) is 29.0 Å². The van der Waals surface area contributed by atoms with Crippen molar-refractivity contribution < 1.29 is 17.9 Å². The van der Waals surface area contributed by atoms with Gasteiger partial charge in [-0.25, -0.2) is 18.2 Å². The molecule has 1 fully saturated rings. The summed E-state index contributed by atoms with van der Waals surface area (Å²) < 4.78 is 46.6. The molecule has 4 rings (SSSR count). The third-order valence-corrected chi connectivity index (χ3v) is 5.38.